The monoisotopic (exact) mass is 360 g/mol. The molecule has 6 heteroatoms. The zero-order chi connectivity index (χ0) is 17.6. The fourth-order valence-corrected chi connectivity index (χ4v) is 3.82. The minimum atomic E-state index is -0.256. The Kier molecular flexibility index (Phi) is 4.32. The first-order valence-electron chi connectivity index (χ1n) is 7.47. The van der Waals surface area contributed by atoms with Gasteiger partial charge >= 0.3 is 0 Å². The van der Waals surface area contributed by atoms with Gasteiger partial charge in [-0.05, 0) is 67.9 Å². The highest BCUT2D eigenvalue weighted by Gasteiger charge is 2.32. The maximum Gasteiger partial charge on any atom is 0.293 e. The molecule has 1 aliphatic rings. The van der Waals surface area contributed by atoms with Crippen LogP contribution in [-0.4, -0.2) is 27.7 Å². The highest BCUT2D eigenvalue weighted by Crippen LogP contribution is 2.33. The number of thioether (sulfide) groups is 1. The third-order valence-electron chi connectivity index (χ3n) is 4.22. The molecule has 4 nitrogen and oxygen atoms in total. The Labute approximate surface area is 150 Å². The molecular weight excluding hydrogens is 344 g/mol. The highest BCUT2D eigenvalue weighted by molar-refractivity contribution is 8.18. The smallest absolute Gasteiger partial charge is 0.293 e. The molecule has 0 bridgehead atoms. The number of aryl methyl sites for hydroxylation is 1. The molecule has 0 atom stereocenters. The van der Waals surface area contributed by atoms with E-state index in [0.29, 0.717) is 9.93 Å². The van der Waals surface area contributed by atoms with Crippen molar-refractivity contribution in [3.63, 3.8) is 0 Å². The number of carbonyl (C=O) groups is 2. The number of halogens is 1. The number of amides is 2. The van der Waals surface area contributed by atoms with Crippen molar-refractivity contribution in [2.75, 3.05) is 7.05 Å². The van der Waals surface area contributed by atoms with Crippen molar-refractivity contribution in [1.82, 2.24) is 9.47 Å². The summed E-state index contributed by atoms with van der Waals surface area (Å²) in [6, 6.07) is 7.82. The number of hydrogen-bond donors (Lipinski definition) is 0. The van der Waals surface area contributed by atoms with E-state index in [0.717, 1.165) is 44.9 Å². The molecule has 0 saturated carbocycles. The van der Waals surface area contributed by atoms with Crippen LogP contribution in [-0.2, 0) is 4.79 Å². The summed E-state index contributed by atoms with van der Waals surface area (Å²) >= 11 is 7.22. The lowest BCUT2D eigenvalue weighted by molar-refractivity contribution is -0.121. The lowest BCUT2D eigenvalue weighted by Gasteiger charge is -2.13. The van der Waals surface area contributed by atoms with E-state index in [-0.39, 0.29) is 11.1 Å². The summed E-state index contributed by atoms with van der Waals surface area (Å²) in [4.78, 5) is 25.3. The lowest BCUT2D eigenvalue weighted by Crippen LogP contribution is -2.22. The Morgan fingerprint density at radius 1 is 1.17 bits per heavy atom. The van der Waals surface area contributed by atoms with Crippen LogP contribution in [0.25, 0.3) is 11.8 Å². The Balaban J connectivity index is 2.10. The molecule has 1 aliphatic heterocycles. The van der Waals surface area contributed by atoms with Crippen molar-refractivity contribution >= 4 is 40.6 Å². The van der Waals surface area contributed by atoms with Gasteiger partial charge in [0, 0.05) is 29.1 Å². The third-order valence-corrected chi connectivity index (χ3v) is 5.59. The van der Waals surface area contributed by atoms with Crippen molar-refractivity contribution in [3.8, 4) is 5.69 Å². The Hall–Kier alpha value is -1.98. The van der Waals surface area contributed by atoms with Gasteiger partial charge in [-0.1, -0.05) is 17.7 Å². The average Bonchev–Trinajstić information content (AvgIpc) is 2.94. The van der Waals surface area contributed by atoms with E-state index in [1.807, 2.05) is 45.0 Å². The summed E-state index contributed by atoms with van der Waals surface area (Å²) in [6.45, 7) is 5.99. The van der Waals surface area contributed by atoms with Gasteiger partial charge in [0.25, 0.3) is 11.1 Å². The number of rotatable bonds is 2. The molecular formula is C18H17ClN2O2S. The number of hydrogen-bond acceptors (Lipinski definition) is 3. The summed E-state index contributed by atoms with van der Waals surface area (Å²) in [6.07, 6.45) is 1.78. The zero-order valence-corrected chi connectivity index (χ0v) is 15.5. The Bertz CT molecular complexity index is 899. The second-order valence-corrected chi connectivity index (χ2v) is 7.19. The second kappa shape index (κ2) is 6.15. The summed E-state index contributed by atoms with van der Waals surface area (Å²) in [5, 5.41) is 0.472. The van der Waals surface area contributed by atoms with Crippen molar-refractivity contribution in [2.24, 2.45) is 0 Å². The first kappa shape index (κ1) is 16.9. The molecule has 0 N–H and O–H groups in total. The number of benzene rings is 1. The van der Waals surface area contributed by atoms with Crippen LogP contribution in [0.2, 0.25) is 5.02 Å². The van der Waals surface area contributed by atoms with Gasteiger partial charge in [0.15, 0.2) is 0 Å². The fourth-order valence-electron chi connectivity index (χ4n) is 2.83. The quantitative estimate of drug-likeness (QED) is 0.727. The molecule has 2 aromatic rings. The standard InChI is InChI=1S/C18H17ClN2O2S/c1-10-8-13(9-16-17(22)20(4)18(23)24-16)12(3)21(10)15-7-5-6-14(19)11(15)2/h5-9H,1-4H3/b16-9-. The van der Waals surface area contributed by atoms with Crippen LogP contribution >= 0.6 is 23.4 Å². The summed E-state index contributed by atoms with van der Waals surface area (Å²) in [5.41, 5.74) is 4.98. The molecule has 0 spiro atoms. The molecule has 124 valence electrons. The van der Waals surface area contributed by atoms with Crippen LogP contribution in [0.5, 0.6) is 0 Å². The van der Waals surface area contributed by atoms with Gasteiger partial charge in [0.2, 0.25) is 0 Å². The maximum atomic E-state index is 12.1. The van der Waals surface area contributed by atoms with E-state index in [1.54, 1.807) is 6.08 Å². The van der Waals surface area contributed by atoms with E-state index >= 15 is 0 Å². The van der Waals surface area contributed by atoms with Crippen LogP contribution in [0.15, 0.2) is 29.2 Å². The van der Waals surface area contributed by atoms with Gasteiger partial charge in [-0.15, -0.1) is 0 Å². The largest absolute Gasteiger partial charge is 0.318 e. The molecule has 24 heavy (non-hydrogen) atoms. The predicted octanol–water partition coefficient (Wildman–Crippen LogP) is 4.72. The number of imide groups is 1. The number of likely N-dealkylation sites (N-methyl/N-ethyl adjacent to an activating group) is 1. The summed E-state index contributed by atoms with van der Waals surface area (Å²) in [7, 11) is 1.50. The SMILES string of the molecule is Cc1c(Cl)cccc1-n1c(C)cc(/C=C2\SC(=O)N(C)C2=O)c1C. The van der Waals surface area contributed by atoms with Crippen LogP contribution in [0, 0.1) is 20.8 Å². The molecule has 1 fully saturated rings. The lowest BCUT2D eigenvalue weighted by atomic mass is 10.2. The highest BCUT2D eigenvalue weighted by atomic mass is 35.5. The molecule has 3 rings (SSSR count). The average molecular weight is 361 g/mol. The predicted molar refractivity (Wildman–Crippen MR) is 98.7 cm³/mol. The van der Waals surface area contributed by atoms with E-state index < -0.39 is 0 Å². The number of nitrogens with zero attached hydrogens (tertiary/aromatic N) is 2. The Morgan fingerprint density at radius 3 is 2.50 bits per heavy atom. The maximum absolute atomic E-state index is 12.1. The van der Waals surface area contributed by atoms with E-state index in [9.17, 15) is 9.59 Å². The van der Waals surface area contributed by atoms with Crippen LogP contribution < -0.4 is 0 Å². The molecule has 1 aromatic carbocycles. The van der Waals surface area contributed by atoms with Crippen molar-refractivity contribution in [3.05, 3.63) is 56.7 Å². The summed E-state index contributed by atoms with van der Waals surface area (Å²) < 4.78 is 2.11. The molecule has 2 heterocycles. The van der Waals surface area contributed by atoms with Gasteiger partial charge in [0.05, 0.1) is 4.91 Å². The normalized spacial score (nSPS) is 16.5. The van der Waals surface area contributed by atoms with Gasteiger partial charge in [-0.3, -0.25) is 14.5 Å². The van der Waals surface area contributed by atoms with Crippen molar-refractivity contribution < 1.29 is 9.59 Å². The molecule has 2 amide bonds. The summed E-state index contributed by atoms with van der Waals surface area (Å²) in [5.74, 6) is -0.256. The van der Waals surface area contributed by atoms with Crippen LogP contribution in [0.1, 0.15) is 22.5 Å². The number of carbonyl (C=O) groups excluding carboxylic acids is 2. The van der Waals surface area contributed by atoms with E-state index in [4.69, 9.17) is 11.6 Å². The number of aromatic nitrogens is 1. The fraction of sp³-hybridized carbons (Fsp3) is 0.222. The Morgan fingerprint density at radius 2 is 1.88 bits per heavy atom. The minimum Gasteiger partial charge on any atom is -0.318 e. The first-order chi connectivity index (χ1) is 11.3. The first-order valence-corrected chi connectivity index (χ1v) is 8.66. The second-order valence-electron chi connectivity index (χ2n) is 5.79. The van der Waals surface area contributed by atoms with E-state index in [1.165, 1.54) is 7.05 Å². The van der Waals surface area contributed by atoms with Crippen molar-refractivity contribution in [1.29, 1.82) is 0 Å². The third kappa shape index (κ3) is 2.68. The molecule has 1 saturated heterocycles. The van der Waals surface area contributed by atoms with Crippen LogP contribution in [0.3, 0.4) is 0 Å². The molecule has 0 aliphatic carbocycles. The van der Waals surface area contributed by atoms with Gasteiger partial charge < -0.3 is 4.57 Å². The molecule has 0 unspecified atom stereocenters. The topological polar surface area (TPSA) is 42.3 Å². The zero-order valence-electron chi connectivity index (χ0n) is 13.9. The molecule has 1 aromatic heterocycles. The van der Waals surface area contributed by atoms with E-state index in [2.05, 4.69) is 4.57 Å². The van der Waals surface area contributed by atoms with Crippen LogP contribution in [0.4, 0.5) is 4.79 Å². The van der Waals surface area contributed by atoms with Crippen molar-refractivity contribution in [2.45, 2.75) is 20.8 Å². The minimum absolute atomic E-state index is 0.245. The molecule has 0 radical (unpaired) electrons. The van der Waals surface area contributed by atoms with Gasteiger partial charge in [-0.2, -0.15) is 0 Å². The van der Waals surface area contributed by atoms with Gasteiger partial charge in [-0.25, -0.2) is 0 Å². The van der Waals surface area contributed by atoms with Gasteiger partial charge in [0.1, 0.15) is 0 Å².